The van der Waals surface area contributed by atoms with E-state index >= 15 is 0 Å². The van der Waals surface area contributed by atoms with Crippen LogP contribution < -0.4 is 9.62 Å². The molecule has 0 aliphatic heterocycles. The van der Waals surface area contributed by atoms with Crippen molar-refractivity contribution in [2.45, 2.75) is 75.4 Å². The Bertz CT molecular complexity index is 1680. The molecular weight excluding hydrogens is 595 g/mol. The predicted molar refractivity (Wildman–Crippen MR) is 183 cm³/mol. The molecular formula is C38H43N3O4S. The minimum atomic E-state index is -4.13. The monoisotopic (exact) mass is 637 g/mol. The van der Waals surface area contributed by atoms with Crippen LogP contribution in [-0.2, 0) is 39.0 Å². The highest BCUT2D eigenvalue weighted by Gasteiger charge is 2.35. The van der Waals surface area contributed by atoms with Crippen LogP contribution in [0.2, 0.25) is 0 Å². The molecule has 0 radical (unpaired) electrons. The molecule has 4 aromatic rings. The standard InChI is InChI=1S/C38H43N3O4S/c1-2-32-21-15-16-26-35(32)41(46(44,45)34-24-13-6-14-25-34)29-37(42)40(28-31-19-9-4-10-20-31)36(27-30-17-7-3-8-18-30)38(43)39-33-22-11-5-12-23-33/h3-4,6-10,13-21,24-26,33,36H,2,5,11-12,22-23,27-29H2,1H3,(H,39,43)/t36-/m1/s1. The summed E-state index contributed by atoms with van der Waals surface area (Å²) < 4.78 is 29.7. The molecule has 1 N–H and O–H groups in total. The van der Waals surface area contributed by atoms with E-state index in [9.17, 15) is 18.0 Å². The summed E-state index contributed by atoms with van der Waals surface area (Å²) >= 11 is 0. The van der Waals surface area contributed by atoms with Gasteiger partial charge in [0, 0.05) is 19.0 Å². The Kier molecular flexibility index (Phi) is 11.3. The van der Waals surface area contributed by atoms with Gasteiger partial charge in [0.25, 0.3) is 10.0 Å². The fourth-order valence-electron chi connectivity index (χ4n) is 6.16. The van der Waals surface area contributed by atoms with Gasteiger partial charge >= 0.3 is 0 Å². The lowest BCUT2D eigenvalue weighted by Gasteiger charge is -2.35. The van der Waals surface area contributed by atoms with Crippen LogP contribution in [0.15, 0.2) is 120 Å². The Balaban J connectivity index is 1.56. The molecule has 1 saturated carbocycles. The van der Waals surface area contributed by atoms with Crippen LogP contribution in [0, 0.1) is 0 Å². The zero-order valence-electron chi connectivity index (χ0n) is 26.4. The zero-order valence-corrected chi connectivity index (χ0v) is 27.2. The van der Waals surface area contributed by atoms with Crippen molar-refractivity contribution >= 4 is 27.5 Å². The lowest BCUT2D eigenvalue weighted by Crippen LogP contribution is -2.55. The Hall–Kier alpha value is -4.43. The largest absolute Gasteiger partial charge is 0.352 e. The van der Waals surface area contributed by atoms with Crippen molar-refractivity contribution in [2.75, 3.05) is 10.8 Å². The first kappa shape index (κ1) is 32.9. The number of benzene rings is 4. The second kappa shape index (κ2) is 15.7. The van der Waals surface area contributed by atoms with Crippen molar-refractivity contribution in [3.05, 3.63) is 132 Å². The zero-order chi connectivity index (χ0) is 32.4. The molecule has 0 spiro atoms. The second-order valence-electron chi connectivity index (χ2n) is 11.9. The lowest BCUT2D eigenvalue weighted by atomic mass is 9.94. The number of amides is 2. The van der Waals surface area contributed by atoms with E-state index in [1.165, 1.54) is 4.31 Å². The van der Waals surface area contributed by atoms with E-state index in [-0.39, 0.29) is 23.4 Å². The highest BCUT2D eigenvalue weighted by Crippen LogP contribution is 2.28. The molecule has 7 nitrogen and oxygen atoms in total. The summed E-state index contributed by atoms with van der Waals surface area (Å²) in [6.07, 6.45) is 5.98. The van der Waals surface area contributed by atoms with Crippen molar-refractivity contribution in [3.63, 3.8) is 0 Å². The third-order valence-electron chi connectivity index (χ3n) is 8.67. The van der Waals surface area contributed by atoms with Crippen LogP contribution in [0.5, 0.6) is 0 Å². The van der Waals surface area contributed by atoms with Crippen molar-refractivity contribution in [1.29, 1.82) is 0 Å². The van der Waals surface area contributed by atoms with Crippen LogP contribution >= 0.6 is 0 Å². The van der Waals surface area contributed by atoms with Crippen molar-refractivity contribution in [1.82, 2.24) is 10.2 Å². The minimum Gasteiger partial charge on any atom is -0.352 e. The number of nitrogens with zero attached hydrogens (tertiary/aromatic N) is 2. The molecule has 1 aliphatic rings. The SMILES string of the molecule is CCc1ccccc1N(CC(=O)N(Cc1ccccc1)[C@H](Cc1ccccc1)C(=O)NC1CCCCC1)S(=O)(=O)c1ccccc1. The van der Waals surface area contributed by atoms with Crippen LogP contribution in [-0.4, -0.2) is 43.8 Å². The maximum atomic E-state index is 14.7. The van der Waals surface area contributed by atoms with Crippen LogP contribution in [0.4, 0.5) is 5.69 Å². The summed E-state index contributed by atoms with van der Waals surface area (Å²) in [4.78, 5) is 30.5. The van der Waals surface area contributed by atoms with Gasteiger partial charge in [0.05, 0.1) is 10.6 Å². The summed E-state index contributed by atoms with van der Waals surface area (Å²) in [5.74, 6) is -0.666. The Morgan fingerprint density at radius 2 is 1.33 bits per heavy atom. The maximum absolute atomic E-state index is 14.7. The molecule has 0 unspecified atom stereocenters. The third kappa shape index (κ3) is 8.23. The quantitative estimate of drug-likeness (QED) is 0.181. The van der Waals surface area contributed by atoms with E-state index in [0.717, 1.165) is 48.8 Å². The van der Waals surface area contributed by atoms with E-state index in [4.69, 9.17) is 0 Å². The number of sulfonamides is 1. The summed E-state index contributed by atoms with van der Waals surface area (Å²) in [6, 6.07) is 33.9. The van der Waals surface area contributed by atoms with Crippen molar-refractivity contribution in [2.24, 2.45) is 0 Å². The van der Waals surface area contributed by atoms with Gasteiger partial charge in [-0.3, -0.25) is 13.9 Å². The van der Waals surface area contributed by atoms with E-state index in [0.29, 0.717) is 18.5 Å². The number of hydrogen-bond donors (Lipinski definition) is 1. The summed E-state index contributed by atoms with van der Waals surface area (Å²) in [5, 5.41) is 3.26. The molecule has 2 amide bonds. The van der Waals surface area contributed by atoms with Gasteiger partial charge < -0.3 is 10.2 Å². The van der Waals surface area contributed by atoms with E-state index in [1.807, 2.05) is 79.7 Å². The van der Waals surface area contributed by atoms with Gasteiger partial charge in [-0.15, -0.1) is 0 Å². The molecule has 1 aliphatic carbocycles. The van der Waals surface area contributed by atoms with Gasteiger partial charge in [0.2, 0.25) is 11.8 Å². The van der Waals surface area contributed by atoms with Gasteiger partial charge in [-0.25, -0.2) is 8.42 Å². The fourth-order valence-corrected chi connectivity index (χ4v) is 7.64. The van der Waals surface area contributed by atoms with E-state index < -0.39 is 28.5 Å². The number of carbonyl (C=O) groups excluding carboxylic acids is 2. The average Bonchev–Trinajstić information content (AvgIpc) is 3.10. The number of hydrogen-bond acceptors (Lipinski definition) is 4. The summed E-state index contributed by atoms with van der Waals surface area (Å²) in [6.45, 7) is 1.66. The van der Waals surface area contributed by atoms with Crippen LogP contribution in [0.3, 0.4) is 0 Å². The highest BCUT2D eigenvalue weighted by molar-refractivity contribution is 7.92. The number of carbonyl (C=O) groups is 2. The first-order valence-electron chi connectivity index (χ1n) is 16.2. The average molecular weight is 638 g/mol. The molecule has 0 aromatic heterocycles. The number of nitrogens with one attached hydrogen (secondary N) is 1. The molecule has 8 heteroatoms. The lowest BCUT2D eigenvalue weighted by molar-refractivity contribution is -0.140. The van der Waals surface area contributed by atoms with Gasteiger partial charge in [0.15, 0.2) is 0 Å². The molecule has 46 heavy (non-hydrogen) atoms. The molecule has 5 rings (SSSR count). The molecule has 0 saturated heterocycles. The van der Waals surface area contributed by atoms with Gasteiger partial charge in [-0.1, -0.05) is 123 Å². The molecule has 4 aromatic carbocycles. The smallest absolute Gasteiger partial charge is 0.264 e. The first-order chi connectivity index (χ1) is 22.4. The first-order valence-corrected chi connectivity index (χ1v) is 17.6. The third-order valence-corrected chi connectivity index (χ3v) is 10.4. The van der Waals surface area contributed by atoms with Crippen molar-refractivity contribution in [3.8, 4) is 0 Å². The second-order valence-corrected chi connectivity index (χ2v) is 13.7. The number of anilines is 1. The minimum absolute atomic E-state index is 0.0552. The Labute approximate surface area is 273 Å². The Morgan fingerprint density at radius 1 is 0.761 bits per heavy atom. The molecule has 1 fully saturated rings. The van der Waals surface area contributed by atoms with E-state index in [1.54, 1.807) is 47.4 Å². The van der Waals surface area contributed by atoms with Crippen molar-refractivity contribution < 1.29 is 18.0 Å². The fraction of sp³-hybridized carbons (Fsp3) is 0.316. The van der Waals surface area contributed by atoms with Gasteiger partial charge in [0.1, 0.15) is 12.6 Å². The molecule has 1 atom stereocenters. The topological polar surface area (TPSA) is 86.8 Å². The normalized spacial score (nSPS) is 14.3. The highest BCUT2D eigenvalue weighted by atomic mass is 32.2. The number of aryl methyl sites for hydroxylation is 1. The molecule has 0 bridgehead atoms. The maximum Gasteiger partial charge on any atom is 0.264 e. The molecule has 0 heterocycles. The molecule has 240 valence electrons. The van der Waals surface area contributed by atoms with Gasteiger partial charge in [-0.2, -0.15) is 0 Å². The Morgan fingerprint density at radius 3 is 1.96 bits per heavy atom. The van der Waals surface area contributed by atoms with Gasteiger partial charge in [-0.05, 0) is 54.2 Å². The predicted octanol–water partition coefficient (Wildman–Crippen LogP) is 6.53. The van der Waals surface area contributed by atoms with E-state index in [2.05, 4.69) is 5.32 Å². The van der Waals surface area contributed by atoms with Crippen LogP contribution in [0.1, 0.15) is 55.7 Å². The van der Waals surface area contributed by atoms with Crippen LogP contribution in [0.25, 0.3) is 0 Å². The number of para-hydroxylation sites is 1. The summed E-state index contributed by atoms with van der Waals surface area (Å²) in [5.41, 5.74) is 3.03. The summed E-state index contributed by atoms with van der Waals surface area (Å²) in [7, 11) is -4.13. The number of rotatable bonds is 13.